The Morgan fingerprint density at radius 3 is 2.62 bits per heavy atom. The van der Waals surface area contributed by atoms with E-state index in [2.05, 4.69) is 11.4 Å². The fourth-order valence-corrected chi connectivity index (χ4v) is 1.34. The molecule has 2 N–H and O–H groups in total. The molecular formula is C12H16N2O2. The Kier molecular flexibility index (Phi) is 5.51. The summed E-state index contributed by atoms with van der Waals surface area (Å²) in [6.45, 7) is 1.18. The highest BCUT2D eigenvalue weighted by Gasteiger charge is 2.05. The monoisotopic (exact) mass is 220 g/mol. The first kappa shape index (κ1) is 12.7. The number of benzene rings is 1. The number of rotatable bonds is 6. The van der Waals surface area contributed by atoms with Gasteiger partial charge in [0, 0.05) is 13.7 Å². The minimum atomic E-state index is -0.0550. The molecule has 1 atom stereocenters. The second-order valence-electron chi connectivity index (χ2n) is 3.52. The summed E-state index contributed by atoms with van der Waals surface area (Å²) < 4.78 is 4.95. The van der Waals surface area contributed by atoms with E-state index < -0.39 is 0 Å². The Morgan fingerprint density at radius 1 is 1.44 bits per heavy atom. The van der Waals surface area contributed by atoms with Gasteiger partial charge < -0.3 is 15.2 Å². The molecule has 0 saturated heterocycles. The van der Waals surface area contributed by atoms with Gasteiger partial charge in [0.25, 0.3) is 0 Å². The molecule has 16 heavy (non-hydrogen) atoms. The number of aliphatic hydroxyl groups excluding tert-OH is 1. The molecule has 86 valence electrons. The van der Waals surface area contributed by atoms with E-state index in [9.17, 15) is 0 Å². The molecule has 1 unspecified atom stereocenters. The van der Waals surface area contributed by atoms with E-state index in [1.165, 1.54) is 0 Å². The number of nitrogens with one attached hydrogen (secondary N) is 1. The third-order valence-corrected chi connectivity index (χ3v) is 2.27. The summed E-state index contributed by atoms with van der Waals surface area (Å²) in [6.07, 6.45) is 0. The maximum absolute atomic E-state index is 9.03. The van der Waals surface area contributed by atoms with Gasteiger partial charge in [-0.05, 0) is 17.7 Å². The Labute approximate surface area is 95.5 Å². The molecule has 0 fully saturated rings. The van der Waals surface area contributed by atoms with Crippen LogP contribution in [0.1, 0.15) is 11.1 Å². The molecule has 0 aromatic heterocycles. The first-order valence-corrected chi connectivity index (χ1v) is 5.12. The van der Waals surface area contributed by atoms with Gasteiger partial charge >= 0.3 is 0 Å². The van der Waals surface area contributed by atoms with E-state index in [-0.39, 0.29) is 12.6 Å². The molecule has 0 amide bonds. The van der Waals surface area contributed by atoms with Crippen molar-refractivity contribution in [2.75, 3.05) is 20.3 Å². The highest BCUT2D eigenvalue weighted by Crippen LogP contribution is 2.03. The van der Waals surface area contributed by atoms with Crippen LogP contribution >= 0.6 is 0 Å². The average molecular weight is 220 g/mol. The van der Waals surface area contributed by atoms with Gasteiger partial charge in [-0.25, -0.2) is 0 Å². The fraction of sp³-hybridized carbons (Fsp3) is 0.417. The van der Waals surface area contributed by atoms with Crippen molar-refractivity contribution in [2.24, 2.45) is 0 Å². The lowest BCUT2D eigenvalue weighted by atomic mass is 10.1. The third kappa shape index (κ3) is 3.99. The largest absolute Gasteiger partial charge is 0.395 e. The van der Waals surface area contributed by atoms with Crippen LogP contribution in [0.15, 0.2) is 24.3 Å². The van der Waals surface area contributed by atoms with Gasteiger partial charge in [0.15, 0.2) is 0 Å². The molecular weight excluding hydrogens is 204 g/mol. The fourth-order valence-electron chi connectivity index (χ4n) is 1.34. The number of nitriles is 1. The predicted octanol–water partition coefficient (Wildman–Crippen LogP) is 0.655. The molecule has 0 aliphatic heterocycles. The van der Waals surface area contributed by atoms with Crippen molar-refractivity contribution in [3.8, 4) is 6.07 Å². The molecule has 1 aromatic carbocycles. The third-order valence-electron chi connectivity index (χ3n) is 2.27. The molecule has 0 aliphatic carbocycles. The van der Waals surface area contributed by atoms with Crippen LogP contribution < -0.4 is 5.32 Å². The molecule has 0 saturated carbocycles. The van der Waals surface area contributed by atoms with E-state index in [1.807, 2.05) is 12.1 Å². The van der Waals surface area contributed by atoms with E-state index in [4.69, 9.17) is 15.1 Å². The van der Waals surface area contributed by atoms with Crippen molar-refractivity contribution >= 4 is 0 Å². The van der Waals surface area contributed by atoms with Crippen LogP contribution in [0.3, 0.4) is 0 Å². The quantitative estimate of drug-likeness (QED) is 0.739. The Balaban J connectivity index is 2.44. The summed E-state index contributed by atoms with van der Waals surface area (Å²) in [5.41, 5.74) is 1.73. The molecule has 1 aromatic rings. The predicted molar refractivity (Wildman–Crippen MR) is 60.7 cm³/mol. The molecule has 4 heteroatoms. The summed E-state index contributed by atoms with van der Waals surface area (Å²) in [4.78, 5) is 0. The van der Waals surface area contributed by atoms with Gasteiger partial charge in [-0.3, -0.25) is 0 Å². The first-order valence-electron chi connectivity index (χ1n) is 5.12. The lowest BCUT2D eigenvalue weighted by Gasteiger charge is -2.14. The topological polar surface area (TPSA) is 65.3 Å². The SMILES string of the molecule is COCC(CO)NCc1ccc(C#N)cc1. The molecule has 0 bridgehead atoms. The van der Waals surface area contributed by atoms with Gasteiger partial charge in [-0.15, -0.1) is 0 Å². The van der Waals surface area contributed by atoms with Crippen molar-refractivity contribution in [3.05, 3.63) is 35.4 Å². The maximum atomic E-state index is 9.03. The van der Waals surface area contributed by atoms with Crippen molar-refractivity contribution in [3.63, 3.8) is 0 Å². The number of ether oxygens (including phenoxy) is 1. The van der Waals surface area contributed by atoms with Gasteiger partial charge in [-0.1, -0.05) is 12.1 Å². The minimum Gasteiger partial charge on any atom is -0.395 e. The van der Waals surface area contributed by atoms with Crippen LogP contribution in [0, 0.1) is 11.3 Å². The van der Waals surface area contributed by atoms with E-state index >= 15 is 0 Å². The smallest absolute Gasteiger partial charge is 0.0991 e. The summed E-state index contributed by atoms with van der Waals surface area (Å²) in [6, 6.07) is 9.36. The van der Waals surface area contributed by atoms with E-state index in [1.54, 1.807) is 19.2 Å². The van der Waals surface area contributed by atoms with Crippen LogP contribution in [-0.2, 0) is 11.3 Å². The highest BCUT2D eigenvalue weighted by atomic mass is 16.5. The Bertz CT molecular complexity index is 343. The molecule has 0 radical (unpaired) electrons. The average Bonchev–Trinajstić information content (AvgIpc) is 2.35. The Morgan fingerprint density at radius 2 is 2.12 bits per heavy atom. The van der Waals surface area contributed by atoms with Gasteiger partial charge in [0.1, 0.15) is 0 Å². The van der Waals surface area contributed by atoms with Crippen molar-refractivity contribution < 1.29 is 9.84 Å². The number of methoxy groups -OCH3 is 1. The zero-order valence-electron chi connectivity index (χ0n) is 9.31. The zero-order valence-corrected chi connectivity index (χ0v) is 9.31. The minimum absolute atomic E-state index is 0.0458. The second-order valence-corrected chi connectivity index (χ2v) is 3.52. The summed E-state index contributed by atoms with van der Waals surface area (Å²) in [5, 5.41) is 20.8. The van der Waals surface area contributed by atoms with E-state index in [0.29, 0.717) is 18.7 Å². The van der Waals surface area contributed by atoms with Crippen molar-refractivity contribution in [1.82, 2.24) is 5.32 Å². The van der Waals surface area contributed by atoms with Crippen molar-refractivity contribution in [1.29, 1.82) is 5.26 Å². The van der Waals surface area contributed by atoms with Crippen LogP contribution in [0.25, 0.3) is 0 Å². The van der Waals surface area contributed by atoms with E-state index in [0.717, 1.165) is 5.56 Å². The van der Waals surface area contributed by atoms with Gasteiger partial charge in [0.2, 0.25) is 0 Å². The normalized spacial score (nSPS) is 12.1. The number of hydrogen-bond acceptors (Lipinski definition) is 4. The molecule has 4 nitrogen and oxygen atoms in total. The van der Waals surface area contributed by atoms with Crippen molar-refractivity contribution in [2.45, 2.75) is 12.6 Å². The van der Waals surface area contributed by atoms with Crippen LogP contribution in [0.2, 0.25) is 0 Å². The molecule has 0 heterocycles. The van der Waals surface area contributed by atoms with Gasteiger partial charge in [-0.2, -0.15) is 5.26 Å². The van der Waals surface area contributed by atoms with Crippen LogP contribution in [0.5, 0.6) is 0 Å². The van der Waals surface area contributed by atoms with Crippen LogP contribution in [0.4, 0.5) is 0 Å². The second kappa shape index (κ2) is 6.96. The molecule has 0 aliphatic rings. The maximum Gasteiger partial charge on any atom is 0.0991 e. The summed E-state index contributed by atoms with van der Waals surface area (Å²) in [7, 11) is 1.60. The molecule has 0 spiro atoms. The lowest BCUT2D eigenvalue weighted by molar-refractivity contribution is 0.128. The first-order chi connectivity index (χ1) is 7.80. The highest BCUT2D eigenvalue weighted by molar-refractivity contribution is 5.31. The summed E-state index contributed by atoms with van der Waals surface area (Å²) >= 11 is 0. The summed E-state index contributed by atoms with van der Waals surface area (Å²) in [5.74, 6) is 0. The number of hydrogen-bond donors (Lipinski definition) is 2. The zero-order chi connectivity index (χ0) is 11.8. The lowest BCUT2D eigenvalue weighted by Crippen LogP contribution is -2.35. The molecule has 1 rings (SSSR count). The number of aliphatic hydroxyl groups is 1. The number of nitrogens with zero attached hydrogens (tertiary/aromatic N) is 1. The van der Waals surface area contributed by atoms with Crippen LogP contribution in [-0.4, -0.2) is 31.5 Å². The Hall–Kier alpha value is -1.41. The van der Waals surface area contributed by atoms with Gasteiger partial charge in [0.05, 0.1) is 30.9 Å². The standard InChI is InChI=1S/C12H16N2O2/c1-16-9-12(8-15)14-7-11-4-2-10(6-13)3-5-11/h2-5,12,14-15H,7-9H2,1H3.